The van der Waals surface area contributed by atoms with Gasteiger partial charge in [-0.15, -0.1) is 0 Å². The number of likely N-dealkylation sites (N-methyl/N-ethyl adjacent to an activating group) is 1. The Bertz CT molecular complexity index is 106. The number of rotatable bonds is 4. The van der Waals surface area contributed by atoms with E-state index in [1.54, 1.807) is 0 Å². The van der Waals surface area contributed by atoms with Crippen LogP contribution in [0.2, 0.25) is 0 Å². The van der Waals surface area contributed by atoms with Crippen LogP contribution in [0.15, 0.2) is 0 Å². The van der Waals surface area contributed by atoms with Gasteiger partial charge in [0.1, 0.15) is 0 Å². The summed E-state index contributed by atoms with van der Waals surface area (Å²) in [5, 5.41) is 6.70. The Labute approximate surface area is 75.5 Å². The highest BCUT2D eigenvalue weighted by atomic mass is 15.2. The molecule has 72 valence electrons. The first-order chi connectivity index (χ1) is 5.86. The van der Waals surface area contributed by atoms with Crippen LogP contribution in [-0.4, -0.2) is 50.7 Å². The molecule has 0 aliphatic carbocycles. The van der Waals surface area contributed by atoms with Gasteiger partial charge in [-0.2, -0.15) is 0 Å². The maximum absolute atomic E-state index is 3.36. The molecule has 12 heavy (non-hydrogen) atoms. The fraction of sp³-hybridized carbons (Fsp3) is 1.00. The molecule has 0 aromatic carbocycles. The molecular weight excluding hydrogens is 150 g/mol. The van der Waals surface area contributed by atoms with Crippen LogP contribution in [0.25, 0.3) is 0 Å². The topological polar surface area (TPSA) is 27.3 Å². The lowest BCUT2D eigenvalue weighted by molar-refractivity contribution is 0.216. The summed E-state index contributed by atoms with van der Waals surface area (Å²) in [6.45, 7) is 8.16. The van der Waals surface area contributed by atoms with Crippen molar-refractivity contribution in [3.8, 4) is 0 Å². The molecule has 1 fully saturated rings. The van der Waals surface area contributed by atoms with Gasteiger partial charge in [0.05, 0.1) is 0 Å². The van der Waals surface area contributed by atoms with Crippen molar-refractivity contribution in [3.63, 3.8) is 0 Å². The van der Waals surface area contributed by atoms with Crippen molar-refractivity contribution in [2.24, 2.45) is 0 Å². The lowest BCUT2D eigenvalue weighted by atomic mass is 10.2. The standard InChI is InChI=1S/C9H21N3/c1-3-9(10-2)8-12-6-4-11-5-7-12/h9-11H,3-8H2,1-2H3. The predicted octanol–water partition coefficient (Wildman–Crippen LogP) is -0.110. The van der Waals surface area contributed by atoms with Gasteiger partial charge in [-0.25, -0.2) is 0 Å². The van der Waals surface area contributed by atoms with E-state index < -0.39 is 0 Å². The smallest absolute Gasteiger partial charge is 0.0189 e. The molecular formula is C9H21N3. The molecule has 0 aromatic rings. The third-order valence-corrected chi connectivity index (χ3v) is 2.59. The SMILES string of the molecule is CCC(CN1CCNCC1)NC. The fourth-order valence-corrected chi connectivity index (χ4v) is 1.63. The van der Waals surface area contributed by atoms with E-state index in [0.29, 0.717) is 6.04 Å². The van der Waals surface area contributed by atoms with E-state index in [0.717, 1.165) is 13.1 Å². The second-order valence-corrected chi connectivity index (χ2v) is 3.44. The summed E-state index contributed by atoms with van der Waals surface area (Å²) in [6.07, 6.45) is 1.22. The highest BCUT2D eigenvalue weighted by Crippen LogP contribution is 1.97. The zero-order chi connectivity index (χ0) is 8.81. The van der Waals surface area contributed by atoms with E-state index in [1.807, 2.05) is 0 Å². The van der Waals surface area contributed by atoms with E-state index in [9.17, 15) is 0 Å². The van der Waals surface area contributed by atoms with E-state index in [1.165, 1.54) is 26.1 Å². The van der Waals surface area contributed by atoms with Gasteiger partial charge in [0.25, 0.3) is 0 Å². The number of nitrogens with zero attached hydrogens (tertiary/aromatic N) is 1. The first kappa shape index (κ1) is 9.96. The average Bonchev–Trinajstić information content (AvgIpc) is 2.16. The average molecular weight is 171 g/mol. The highest BCUT2D eigenvalue weighted by Gasteiger charge is 2.12. The summed E-state index contributed by atoms with van der Waals surface area (Å²) in [4.78, 5) is 2.53. The molecule has 0 aromatic heterocycles. The first-order valence-corrected chi connectivity index (χ1v) is 4.97. The molecule has 1 heterocycles. The quantitative estimate of drug-likeness (QED) is 0.618. The van der Waals surface area contributed by atoms with Crippen molar-refractivity contribution >= 4 is 0 Å². The van der Waals surface area contributed by atoms with Gasteiger partial charge in [-0.1, -0.05) is 6.92 Å². The van der Waals surface area contributed by atoms with Crippen LogP contribution in [0.5, 0.6) is 0 Å². The molecule has 1 saturated heterocycles. The van der Waals surface area contributed by atoms with Crippen LogP contribution in [-0.2, 0) is 0 Å². The molecule has 0 bridgehead atoms. The maximum atomic E-state index is 3.36. The van der Waals surface area contributed by atoms with Crippen molar-refractivity contribution in [1.82, 2.24) is 15.5 Å². The van der Waals surface area contributed by atoms with Gasteiger partial charge in [0.15, 0.2) is 0 Å². The molecule has 1 rings (SSSR count). The summed E-state index contributed by atoms with van der Waals surface area (Å²) in [5.41, 5.74) is 0. The molecule has 1 unspecified atom stereocenters. The number of piperazine rings is 1. The minimum atomic E-state index is 0.670. The molecule has 3 heteroatoms. The molecule has 0 radical (unpaired) electrons. The number of hydrogen-bond donors (Lipinski definition) is 2. The number of hydrogen-bond acceptors (Lipinski definition) is 3. The predicted molar refractivity (Wildman–Crippen MR) is 52.4 cm³/mol. The van der Waals surface area contributed by atoms with Crippen LogP contribution in [0.4, 0.5) is 0 Å². The van der Waals surface area contributed by atoms with Gasteiger partial charge in [-0.05, 0) is 13.5 Å². The first-order valence-electron chi connectivity index (χ1n) is 4.97. The van der Waals surface area contributed by atoms with Crippen molar-refractivity contribution < 1.29 is 0 Å². The van der Waals surface area contributed by atoms with Gasteiger partial charge in [0.2, 0.25) is 0 Å². The number of nitrogens with one attached hydrogen (secondary N) is 2. The van der Waals surface area contributed by atoms with Gasteiger partial charge >= 0.3 is 0 Å². The van der Waals surface area contributed by atoms with Gasteiger partial charge < -0.3 is 10.6 Å². The van der Waals surface area contributed by atoms with Crippen LogP contribution in [0.3, 0.4) is 0 Å². The summed E-state index contributed by atoms with van der Waals surface area (Å²) in [6, 6.07) is 0.670. The summed E-state index contributed by atoms with van der Waals surface area (Å²) in [7, 11) is 2.05. The van der Waals surface area contributed by atoms with E-state index in [-0.39, 0.29) is 0 Å². The monoisotopic (exact) mass is 171 g/mol. The zero-order valence-electron chi connectivity index (χ0n) is 8.27. The Morgan fingerprint density at radius 1 is 1.42 bits per heavy atom. The maximum Gasteiger partial charge on any atom is 0.0189 e. The Balaban J connectivity index is 2.18. The highest BCUT2D eigenvalue weighted by molar-refractivity contribution is 4.73. The van der Waals surface area contributed by atoms with Crippen LogP contribution in [0, 0.1) is 0 Å². The summed E-state index contributed by atoms with van der Waals surface area (Å²) >= 11 is 0. The van der Waals surface area contributed by atoms with Crippen LogP contribution < -0.4 is 10.6 Å². The van der Waals surface area contributed by atoms with Crippen molar-refractivity contribution in [2.45, 2.75) is 19.4 Å². The minimum absolute atomic E-state index is 0.670. The Morgan fingerprint density at radius 2 is 2.08 bits per heavy atom. The molecule has 3 nitrogen and oxygen atoms in total. The lowest BCUT2D eigenvalue weighted by Gasteiger charge is -2.30. The summed E-state index contributed by atoms with van der Waals surface area (Å²) < 4.78 is 0. The third-order valence-electron chi connectivity index (χ3n) is 2.59. The fourth-order valence-electron chi connectivity index (χ4n) is 1.63. The minimum Gasteiger partial charge on any atom is -0.316 e. The summed E-state index contributed by atoms with van der Waals surface area (Å²) in [5.74, 6) is 0. The van der Waals surface area contributed by atoms with Crippen molar-refractivity contribution in [3.05, 3.63) is 0 Å². The molecule has 0 amide bonds. The molecule has 1 aliphatic rings. The molecule has 1 aliphatic heterocycles. The van der Waals surface area contributed by atoms with Crippen molar-refractivity contribution in [1.29, 1.82) is 0 Å². The lowest BCUT2D eigenvalue weighted by Crippen LogP contribution is -2.48. The Hall–Kier alpha value is -0.120. The molecule has 0 saturated carbocycles. The zero-order valence-corrected chi connectivity index (χ0v) is 8.27. The van der Waals surface area contributed by atoms with Crippen LogP contribution >= 0.6 is 0 Å². The molecule has 0 spiro atoms. The van der Waals surface area contributed by atoms with Gasteiger partial charge in [-0.3, -0.25) is 4.90 Å². The van der Waals surface area contributed by atoms with E-state index in [4.69, 9.17) is 0 Å². The second-order valence-electron chi connectivity index (χ2n) is 3.44. The Morgan fingerprint density at radius 3 is 2.58 bits per heavy atom. The van der Waals surface area contributed by atoms with Gasteiger partial charge in [0, 0.05) is 38.8 Å². The van der Waals surface area contributed by atoms with E-state index in [2.05, 4.69) is 29.5 Å². The third kappa shape index (κ3) is 3.09. The van der Waals surface area contributed by atoms with Crippen molar-refractivity contribution in [2.75, 3.05) is 39.8 Å². The molecule has 2 N–H and O–H groups in total. The second kappa shape index (κ2) is 5.51. The van der Waals surface area contributed by atoms with Crippen LogP contribution in [0.1, 0.15) is 13.3 Å². The van der Waals surface area contributed by atoms with E-state index >= 15 is 0 Å². The Kier molecular flexibility index (Phi) is 4.58. The largest absolute Gasteiger partial charge is 0.316 e. The normalized spacial score (nSPS) is 22.5. The molecule has 1 atom stereocenters.